The Morgan fingerprint density at radius 1 is 1.03 bits per heavy atom. The van der Waals surface area contributed by atoms with Crippen LogP contribution in [0, 0.1) is 0 Å². The summed E-state index contributed by atoms with van der Waals surface area (Å²) in [4.78, 5) is 28.7. The van der Waals surface area contributed by atoms with Gasteiger partial charge in [-0.25, -0.2) is 14.8 Å². The third-order valence-corrected chi connectivity index (χ3v) is 7.87. The van der Waals surface area contributed by atoms with Crippen LogP contribution in [-0.4, -0.2) is 66.1 Å². The van der Waals surface area contributed by atoms with Crippen molar-refractivity contribution in [3.8, 4) is 0 Å². The van der Waals surface area contributed by atoms with Crippen molar-refractivity contribution in [2.45, 2.75) is 25.8 Å². The molecule has 0 bridgehead atoms. The molecule has 0 unspecified atom stereocenters. The van der Waals surface area contributed by atoms with Crippen molar-refractivity contribution in [3.63, 3.8) is 0 Å². The number of rotatable bonds is 10. The minimum Gasteiger partial charge on any atom is -0.369 e. The first-order valence-electron chi connectivity index (χ1n) is 13.1. The van der Waals surface area contributed by atoms with Crippen LogP contribution in [0.2, 0.25) is 0 Å². The van der Waals surface area contributed by atoms with Crippen molar-refractivity contribution in [3.05, 3.63) is 76.9 Å². The van der Waals surface area contributed by atoms with Crippen LogP contribution in [0.5, 0.6) is 0 Å². The van der Waals surface area contributed by atoms with Crippen LogP contribution in [-0.2, 0) is 19.4 Å². The van der Waals surface area contributed by atoms with Gasteiger partial charge >= 0.3 is 6.03 Å². The fraction of sp³-hybridized carbons (Fsp3) is 0.345. The lowest BCUT2D eigenvalue weighted by molar-refractivity contribution is 0.241. The molecular formula is C29H35N7OS. The van der Waals surface area contributed by atoms with E-state index in [4.69, 9.17) is 0 Å². The van der Waals surface area contributed by atoms with Crippen LogP contribution >= 0.6 is 11.3 Å². The van der Waals surface area contributed by atoms with Crippen LogP contribution < -0.4 is 16.0 Å². The number of carbonyl (C=O) groups is 1. The van der Waals surface area contributed by atoms with Gasteiger partial charge in [0.2, 0.25) is 0 Å². The Labute approximate surface area is 228 Å². The van der Waals surface area contributed by atoms with Gasteiger partial charge in [-0.1, -0.05) is 30.3 Å². The smallest absolute Gasteiger partial charge is 0.323 e. The van der Waals surface area contributed by atoms with E-state index in [1.54, 1.807) is 6.33 Å². The van der Waals surface area contributed by atoms with Gasteiger partial charge in [-0.2, -0.15) is 0 Å². The van der Waals surface area contributed by atoms with Gasteiger partial charge in [0.1, 0.15) is 17.0 Å². The lowest BCUT2D eigenvalue weighted by Crippen LogP contribution is -2.32. The Bertz CT molecular complexity index is 1350. The highest BCUT2D eigenvalue weighted by molar-refractivity contribution is 7.19. The highest BCUT2D eigenvalue weighted by Gasteiger charge is 2.23. The average Bonchev–Trinajstić information content (AvgIpc) is 3.29. The van der Waals surface area contributed by atoms with Crippen LogP contribution in [0.15, 0.2) is 60.9 Å². The highest BCUT2D eigenvalue weighted by Crippen LogP contribution is 2.37. The molecule has 3 N–H and O–H groups in total. The van der Waals surface area contributed by atoms with Gasteiger partial charge in [-0.05, 0) is 81.8 Å². The number of para-hydroxylation sites is 1. The summed E-state index contributed by atoms with van der Waals surface area (Å²) in [5.41, 5.74) is 4.13. The molecule has 0 radical (unpaired) electrons. The van der Waals surface area contributed by atoms with E-state index in [1.807, 2.05) is 65.9 Å². The monoisotopic (exact) mass is 529 g/mol. The molecule has 5 rings (SSSR count). The summed E-state index contributed by atoms with van der Waals surface area (Å²) in [5, 5.41) is 10.5. The van der Waals surface area contributed by atoms with E-state index in [2.05, 4.69) is 49.8 Å². The minimum absolute atomic E-state index is 0.255. The fourth-order valence-electron chi connectivity index (χ4n) is 4.81. The zero-order valence-corrected chi connectivity index (χ0v) is 22.9. The van der Waals surface area contributed by atoms with Gasteiger partial charge in [0.25, 0.3) is 0 Å². The van der Waals surface area contributed by atoms with Crippen LogP contribution in [0.1, 0.15) is 22.4 Å². The van der Waals surface area contributed by atoms with E-state index in [1.165, 1.54) is 27.8 Å². The zero-order chi connectivity index (χ0) is 26.3. The van der Waals surface area contributed by atoms with E-state index in [-0.39, 0.29) is 6.03 Å². The lowest BCUT2D eigenvalue weighted by Gasteiger charge is -2.27. The summed E-state index contributed by atoms with van der Waals surface area (Å²) >= 11 is 1.81. The SMILES string of the molecule is CN(C)CCCN1CCc2c(sc3ncnc(NCCc4ccc(NC(=O)Nc5ccccc5)cc4)c23)C1. The third kappa shape index (κ3) is 6.66. The Kier molecular flexibility index (Phi) is 8.47. The molecule has 9 heteroatoms. The lowest BCUT2D eigenvalue weighted by atomic mass is 10.0. The molecule has 4 aromatic rings. The van der Waals surface area contributed by atoms with E-state index in [0.29, 0.717) is 0 Å². The van der Waals surface area contributed by atoms with Crippen LogP contribution in [0.4, 0.5) is 22.0 Å². The number of urea groups is 1. The van der Waals surface area contributed by atoms with Crippen molar-refractivity contribution in [1.29, 1.82) is 0 Å². The highest BCUT2D eigenvalue weighted by atomic mass is 32.1. The van der Waals surface area contributed by atoms with Gasteiger partial charge in [0, 0.05) is 35.9 Å². The Balaban J connectivity index is 1.15. The Morgan fingerprint density at radius 2 is 1.79 bits per heavy atom. The maximum Gasteiger partial charge on any atom is 0.323 e. The molecule has 1 aliphatic rings. The van der Waals surface area contributed by atoms with E-state index < -0.39 is 0 Å². The molecule has 0 aliphatic carbocycles. The molecule has 2 aromatic heterocycles. The fourth-order valence-corrected chi connectivity index (χ4v) is 6.04. The van der Waals surface area contributed by atoms with Crippen LogP contribution in [0.3, 0.4) is 0 Å². The number of hydrogen-bond acceptors (Lipinski definition) is 7. The molecule has 0 saturated heterocycles. The molecule has 38 heavy (non-hydrogen) atoms. The largest absolute Gasteiger partial charge is 0.369 e. The number of benzene rings is 2. The number of nitrogens with zero attached hydrogens (tertiary/aromatic N) is 4. The Hall–Kier alpha value is -3.53. The predicted molar refractivity (Wildman–Crippen MR) is 157 cm³/mol. The van der Waals surface area contributed by atoms with Crippen molar-refractivity contribution >= 4 is 44.8 Å². The van der Waals surface area contributed by atoms with Crippen molar-refractivity contribution in [1.82, 2.24) is 19.8 Å². The standard InChI is InChI=1S/C29H35N7OS/c1-35(2)16-6-17-36-18-14-24-25(19-36)38-28-26(24)27(31-20-32-28)30-15-13-21-9-11-23(12-10-21)34-29(37)33-22-7-4-3-5-8-22/h3-5,7-12,20H,6,13-19H2,1-2H3,(H,30,31,32)(H2,33,34,37). The molecule has 1 aliphatic heterocycles. The van der Waals surface area contributed by atoms with E-state index in [9.17, 15) is 4.79 Å². The van der Waals surface area contributed by atoms with Crippen molar-refractivity contribution in [2.24, 2.45) is 0 Å². The number of anilines is 3. The Morgan fingerprint density at radius 3 is 2.55 bits per heavy atom. The second kappa shape index (κ2) is 12.3. The summed E-state index contributed by atoms with van der Waals surface area (Å²) in [6, 6.07) is 17.1. The molecule has 0 saturated carbocycles. The first-order chi connectivity index (χ1) is 18.5. The normalized spacial score (nSPS) is 13.4. The van der Waals surface area contributed by atoms with Gasteiger partial charge < -0.3 is 20.9 Å². The minimum atomic E-state index is -0.255. The van der Waals surface area contributed by atoms with Crippen molar-refractivity contribution < 1.29 is 4.79 Å². The summed E-state index contributed by atoms with van der Waals surface area (Å²) in [5.74, 6) is 0.935. The first-order valence-corrected chi connectivity index (χ1v) is 13.9. The number of amides is 2. The van der Waals surface area contributed by atoms with Gasteiger partial charge in [-0.15, -0.1) is 11.3 Å². The zero-order valence-electron chi connectivity index (χ0n) is 22.0. The summed E-state index contributed by atoms with van der Waals surface area (Å²) in [7, 11) is 4.27. The number of nitrogens with one attached hydrogen (secondary N) is 3. The van der Waals surface area contributed by atoms with E-state index in [0.717, 1.165) is 67.6 Å². The molecule has 0 spiro atoms. The first kappa shape index (κ1) is 26.1. The average molecular weight is 530 g/mol. The number of aromatic nitrogens is 2. The van der Waals surface area contributed by atoms with Gasteiger partial charge in [0.05, 0.1) is 5.39 Å². The number of carbonyl (C=O) groups excluding carboxylic acids is 1. The quantitative estimate of drug-likeness (QED) is 0.259. The molecular weight excluding hydrogens is 494 g/mol. The predicted octanol–water partition coefficient (Wildman–Crippen LogP) is 5.30. The third-order valence-electron chi connectivity index (χ3n) is 6.75. The molecule has 198 valence electrons. The number of hydrogen-bond donors (Lipinski definition) is 3. The van der Waals surface area contributed by atoms with Gasteiger partial charge in [0.15, 0.2) is 0 Å². The maximum absolute atomic E-state index is 12.2. The molecule has 2 aromatic carbocycles. The summed E-state index contributed by atoms with van der Waals surface area (Å²) in [6.45, 7) is 5.12. The van der Waals surface area contributed by atoms with E-state index >= 15 is 0 Å². The number of thiophene rings is 1. The molecule has 0 fully saturated rings. The van der Waals surface area contributed by atoms with Crippen molar-refractivity contribution in [2.75, 3.05) is 56.2 Å². The second-order valence-corrected chi connectivity index (χ2v) is 11.0. The number of fused-ring (bicyclic) bond motifs is 3. The molecule has 0 atom stereocenters. The molecule has 3 heterocycles. The molecule has 2 amide bonds. The summed E-state index contributed by atoms with van der Waals surface area (Å²) < 4.78 is 0. The summed E-state index contributed by atoms with van der Waals surface area (Å²) in [6.07, 6.45) is 4.76. The molecule has 8 nitrogen and oxygen atoms in total. The topological polar surface area (TPSA) is 85.4 Å². The maximum atomic E-state index is 12.2. The second-order valence-electron chi connectivity index (χ2n) is 9.91. The van der Waals surface area contributed by atoms with Gasteiger partial charge in [-0.3, -0.25) is 4.90 Å². The van der Waals surface area contributed by atoms with Crippen LogP contribution in [0.25, 0.3) is 10.2 Å².